The summed E-state index contributed by atoms with van der Waals surface area (Å²) in [4.78, 5) is 4.38. The number of hydrogen-bond acceptors (Lipinski definition) is 4. The highest BCUT2D eigenvalue weighted by Crippen LogP contribution is 2.13. The Morgan fingerprint density at radius 2 is 2.37 bits per heavy atom. The van der Waals surface area contributed by atoms with Crippen LogP contribution in [0.3, 0.4) is 0 Å². The molecule has 0 aliphatic rings. The van der Waals surface area contributed by atoms with Crippen molar-refractivity contribution >= 4 is 5.65 Å². The van der Waals surface area contributed by atoms with Gasteiger partial charge in [-0.1, -0.05) is 0 Å². The molecular weight excluding hydrogens is 240 g/mol. The van der Waals surface area contributed by atoms with Gasteiger partial charge in [-0.3, -0.25) is 0 Å². The molecule has 3 aromatic rings. The van der Waals surface area contributed by atoms with E-state index in [0.717, 1.165) is 29.2 Å². The third-order valence-corrected chi connectivity index (χ3v) is 3.07. The second-order valence-corrected chi connectivity index (χ2v) is 4.67. The summed E-state index contributed by atoms with van der Waals surface area (Å²) < 4.78 is 7.17. The van der Waals surface area contributed by atoms with Crippen molar-refractivity contribution in [2.24, 2.45) is 0 Å². The molecule has 0 saturated carbocycles. The molecule has 0 aromatic carbocycles. The standard InChI is InChI=1S/C14H16N4O/c1-10-6-14-16-8-12(9-18(14)17-10)7-15-11(2)13-4-3-5-19-13/h3-6,8-9,11,15H,7H2,1-2H3/t11-/m0/s1. The summed E-state index contributed by atoms with van der Waals surface area (Å²) in [5.74, 6) is 0.934. The summed E-state index contributed by atoms with van der Waals surface area (Å²) >= 11 is 0. The molecule has 0 bridgehead atoms. The molecule has 0 spiro atoms. The lowest BCUT2D eigenvalue weighted by atomic mass is 10.2. The Morgan fingerprint density at radius 3 is 3.16 bits per heavy atom. The molecule has 0 aliphatic heterocycles. The normalized spacial score (nSPS) is 12.9. The van der Waals surface area contributed by atoms with E-state index in [9.17, 15) is 0 Å². The molecule has 0 amide bonds. The van der Waals surface area contributed by atoms with Gasteiger partial charge in [-0.2, -0.15) is 5.10 Å². The molecule has 0 fully saturated rings. The molecule has 98 valence electrons. The lowest BCUT2D eigenvalue weighted by Crippen LogP contribution is -2.18. The van der Waals surface area contributed by atoms with Gasteiger partial charge in [0, 0.05) is 30.6 Å². The molecule has 5 nitrogen and oxygen atoms in total. The highest BCUT2D eigenvalue weighted by molar-refractivity contribution is 5.38. The van der Waals surface area contributed by atoms with Crippen LogP contribution in [0, 0.1) is 6.92 Å². The first kappa shape index (κ1) is 11.9. The molecule has 5 heteroatoms. The minimum atomic E-state index is 0.171. The van der Waals surface area contributed by atoms with Crippen molar-refractivity contribution in [1.82, 2.24) is 19.9 Å². The molecular formula is C14H16N4O. The van der Waals surface area contributed by atoms with Gasteiger partial charge >= 0.3 is 0 Å². The van der Waals surface area contributed by atoms with Gasteiger partial charge in [-0.15, -0.1) is 0 Å². The maximum absolute atomic E-state index is 5.36. The van der Waals surface area contributed by atoms with Crippen molar-refractivity contribution in [3.63, 3.8) is 0 Å². The van der Waals surface area contributed by atoms with Crippen LogP contribution in [0.2, 0.25) is 0 Å². The van der Waals surface area contributed by atoms with Crippen LogP contribution in [0.4, 0.5) is 0 Å². The van der Waals surface area contributed by atoms with E-state index in [-0.39, 0.29) is 6.04 Å². The Morgan fingerprint density at radius 1 is 1.47 bits per heavy atom. The lowest BCUT2D eigenvalue weighted by molar-refractivity contribution is 0.430. The van der Waals surface area contributed by atoms with Crippen molar-refractivity contribution in [3.05, 3.63) is 53.9 Å². The average molecular weight is 256 g/mol. The van der Waals surface area contributed by atoms with Gasteiger partial charge in [-0.25, -0.2) is 9.50 Å². The predicted octanol–water partition coefficient (Wildman–Crippen LogP) is 2.48. The molecule has 19 heavy (non-hydrogen) atoms. The third-order valence-electron chi connectivity index (χ3n) is 3.07. The van der Waals surface area contributed by atoms with Gasteiger partial charge in [-0.05, 0) is 26.0 Å². The Balaban J connectivity index is 1.71. The predicted molar refractivity (Wildman–Crippen MR) is 71.7 cm³/mol. The van der Waals surface area contributed by atoms with Crippen molar-refractivity contribution < 1.29 is 4.42 Å². The zero-order valence-corrected chi connectivity index (χ0v) is 11.0. The number of aryl methyl sites for hydroxylation is 1. The maximum Gasteiger partial charge on any atom is 0.155 e. The monoisotopic (exact) mass is 256 g/mol. The minimum absolute atomic E-state index is 0.171. The van der Waals surface area contributed by atoms with Crippen molar-refractivity contribution in [2.75, 3.05) is 0 Å². The first-order valence-corrected chi connectivity index (χ1v) is 6.30. The summed E-state index contributed by atoms with van der Waals surface area (Å²) in [5, 5.41) is 7.76. The quantitative estimate of drug-likeness (QED) is 0.779. The number of furan rings is 1. The fourth-order valence-corrected chi connectivity index (χ4v) is 2.03. The molecule has 3 heterocycles. The fourth-order valence-electron chi connectivity index (χ4n) is 2.03. The van der Waals surface area contributed by atoms with Crippen molar-refractivity contribution in [2.45, 2.75) is 26.4 Å². The first-order chi connectivity index (χ1) is 9.22. The molecule has 3 aromatic heterocycles. The third kappa shape index (κ3) is 2.51. The Hall–Kier alpha value is -2.14. The second kappa shape index (κ2) is 4.85. The van der Waals surface area contributed by atoms with E-state index < -0.39 is 0 Å². The van der Waals surface area contributed by atoms with Gasteiger partial charge in [0.2, 0.25) is 0 Å². The van der Waals surface area contributed by atoms with Gasteiger partial charge in [0.1, 0.15) is 5.76 Å². The fraction of sp³-hybridized carbons (Fsp3) is 0.286. The largest absolute Gasteiger partial charge is 0.468 e. The van der Waals surface area contributed by atoms with Crippen molar-refractivity contribution in [3.8, 4) is 0 Å². The van der Waals surface area contributed by atoms with Crippen LogP contribution in [-0.4, -0.2) is 14.6 Å². The number of nitrogens with zero attached hydrogens (tertiary/aromatic N) is 3. The maximum atomic E-state index is 5.36. The molecule has 0 radical (unpaired) electrons. The number of aromatic nitrogens is 3. The van der Waals surface area contributed by atoms with E-state index >= 15 is 0 Å². The zero-order chi connectivity index (χ0) is 13.2. The molecule has 0 unspecified atom stereocenters. The Kier molecular flexibility index (Phi) is 3.05. The van der Waals surface area contributed by atoms with Gasteiger partial charge in [0.15, 0.2) is 5.65 Å². The zero-order valence-electron chi connectivity index (χ0n) is 11.0. The topological polar surface area (TPSA) is 55.4 Å². The van der Waals surface area contributed by atoms with E-state index in [1.165, 1.54) is 0 Å². The summed E-state index contributed by atoms with van der Waals surface area (Å²) in [7, 11) is 0. The highest BCUT2D eigenvalue weighted by atomic mass is 16.3. The number of rotatable bonds is 4. The van der Waals surface area contributed by atoms with Crippen LogP contribution >= 0.6 is 0 Å². The average Bonchev–Trinajstić information content (AvgIpc) is 3.03. The number of fused-ring (bicyclic) bond motifs is 1. The van der Waals surface area contributed by atoms with E-state index in [1.54, 1.807) is 6.26 Å². The van der Waals surface area contributed by atoms with Gasteiger partial charge in [0.05, 0.1) is 18.0 Å². The van der Waals surface area contributed by atoms with Crippen LogP contribution in [0.25, 0.3) is 5.65 Å². The van der Waals surface area contributed by atoms with Crippen LogP contribution in [0.5, 0.6) is 0 Å². The molecule has 0 aliphatic carbocycles. The number of hydrogen-bond donors (Lipinski definition) is 1. The summed E-state index contributed by atoms with van der Waals surface area (Å²) in [5.41, 5.74) is 2.94. The molecule has 1 atom stereocenters. The number of nitrogens with one attached hydrogen (secondary N) is 1. The van der Waals surface area contributed by atoms with Crippen LogP contribution in [0.15, 0.2) is 41.3 Å². The van der Waals surface area contributed by atoms with Crippen molar-refractivity contribution in [1.29, 1.82) is 0 Å². The summed E-state index contributed by atoms with van der Waals surface area (Å²) in [6.07, 6.45) is 5.56. The molecule has 1 N–H and O–H groups in total. The molecule has 0 saturated heterocycles. The first-order valence-electron chi connectivity index (χ1n) is 6.30. The smallest absolute Gasteiger partial charge is 0.155 e. The van der Waals surface area contributed by atoms with Crippen LogP contribution in [-0.2, 0) is 6.54 Å². The Labute approximate surface area is 111 Å². The summed E-state index contributed by atoms with van der Waals surface area (Å²) in [6.45, 7) is 4.76. The van der Waals surface area contributed by atoms with Crippen LogP contribution < -0.4 is 5.32 Å². The van der Waals surface area contributed by atoms with E-state index in [4.69, 9.17) is 4.42 Å². The van der Waals surface area contributed by atoms with E-state index in [1.807, 2.05) is 42.0 Å². The highest BCUT2D eigenvalue weighted by Gasteiger charge is 2.08. The van der Waals surface area contributed by atoms with E-state index in [0.29, 0.717) is 0 Å². The second-order valence-electron chi connectivity index (χ2n) is 4.67. The lowest BCUT2D eigenvalue weighted by Gasteiger charge is -2.11. The minimum Gasteiger partial charge on any atom is -0.468 e. The van der Waals surface area contributed by atoms with Crippen LogP contribution in [0.1, 0.15) is 30.0 Å². The Bertz CT molecular complexity index is 672. The summed E-state index contributed by atoms with van der Waals surface area (Å²) in [6, 6.07) is 6.00. The van der Waals surface area contributed by atoms with Gasteiger partial charge < -0.3 is 9.73 Å². The van der Waals surface area contributed by atoms with Gasteiger partial charge in [0.25, 0.3) is 0 Å². The SMILES string of the molecule is Cc1cc2ncc(CN[C@@H](C)c3ccco3)cn2n1. The van der Waals surface area contributed by atoms with E-state index in [2.05, 4.69) is 22.3 Å². The molecule has 3 rings (SSSR count).